The number of carbonyl (C=O) groups is 1. The van der Waals surface area contributed by atoms with Gasteiger partial charge < -0.3 is 15.5 Å². The monoisotopic (exact) mass is 265 g/mol. The van der Waals surface area contributed by atoms with Crippen molar-refractivity contribution in [2.75, 3.05) is 18.5 Å². The average molecular weight is 265 g/mol. The molecule has 2 rings (SSSR count). The average Bonchev–Trinajstić information content (AvgIpc) is 2.46. The predicted octanol–water partition coefficient (Wildman–Crippen LogP) is 1.53. The molecule has 0 amide bonds. The number of anilines is 1. The maximum atomic E-state index is 10.7. The van der Waals surface area contributed by atoms with Crippen molar-refractivity contribution < 1.29 is 15.0 Å². The molecule has 3 N–H and O–H groups in total. The third-order valence-electron chi connectivity index (χ3n) is 3.78. The van der Waals surface area contributed by atoms with Gasteiger partial charge in [0.05, 0.1) is 6.61 Å². The molecular formula is C13H19N3O3. The number of aliphatic hydroxyl groups excluding tert-OH is 1. The summed E-state index contributed by atoms with van der Waals surface area (Å²) in [6.07, 6.45) is 5.54. The van der Waals surface area contributed by atoms with E-state index in [0.717, 1.165) is 25.7 Å². The lowest BCUT2D eigenvalue weighted by Crippen LogP contribution is -2.35. The fraction of sp³-hybridized carbons (Fsp3) is 0.615. The van der Waals surface area contributed by atoms with Gasteiger partial charge in [0.1, 0.15) is 5.82 Å². The highest BCUT2D eigenvalue weighted by Crippen LogP contribution is 2.35. The quantitative estimate of drug-likeness (QED) is 0.747. The predicted molar refractivity (Wildman–Crippen MR) is 70.1 cm³/mol. The van der Waals surface area contributed by atoms with Crippen LogP contribution in [0.25, 0.3) is 0 Å². The first-order valence-corrected chi connectivity index (χ1v) is 6.57. The summed E-state index contributed by atoms with van der Waals surface area (Å²) >= 11 is 0. The molecular weight excluding hydrogens is 246 g/mol. The van der Waals surface area contributed by atoms with Gasteiger partial charge in [0.15, 0.2) is 5.69 Å². The van der Waals surface area contributed by atoms with Crippen molar-refractivity contribution in [1.82, 2.24) is 10.2 Å². The Bertz CT molecular complexity index is 427. The first-order chi connectivity index (χ1) is 9.15. The summed E-state index contributed by atoms with van der Waals surface area (Å²) in [7, 11) is 0. The molecule has 1 aliphatic carbocycles. The summed E-state index contributed by atoms with van der Waals surface area (Å²) in [5.41, 5.74) is -0.147. The Kier molecular flexibility index (Phi) is 4.31. The van der Waals surface area contributed by atoms with Gasteiger partial charge in [0, 0.05) is 12.0 Å². The molecule has 1 aromatic heterocycles. The molecule has 0 bridgehead atoms. The third kappa shape index (κ3) is 3.41. The molecule has 0 spiro atoms. The zero-order chi connectivity index (χ0) is 13.7. The second-order valence-corrected chi connectivity index (χ2v) is 5.18. The van der Waals surface area contributed by atoms with Gasteiger partial charge in [-0.05, 0) is 25.0 Å². The molecule has 0 aliphatic heterocycles. The maximum absolute atomic E-state index is 10.7. The van der Waals surface area contributed by atoms with Gasteiger partial charge in [-0.15, -0.1) is 10.2 Å². The van der Waals surface area contributed by atoms with Gasteiger partial charge in [-0.2, -0.15) is 0 Å². The molecule has 1 saturated carbocycles. The van der Waals surface area contributed by atoms with Crippen molar-refractivity contribution in [2.45, 2.75) is 32.1 Å². The van der Waals surface area contributed by atoms with E-state index in [4.69, 9.17) is 5.11 Å². The molecule has 0 atom stereocenters. The molecule has 6 heteroatoms. The molecule has 1 fully saturated rings. The van der Waals surface area contributed by atoms with Gasteiger partial charge >= 0.3 is 5.97 Å². The van der Waals surface area contributed by atoms with E-state index >= 15 is 0 Å². The van der Waals surface area contributed by atoms with Crippen LogP contribution in [-0.2, 0) is 0 Å². The van der Waals surface area contributed by atoms with Crippen LogP contribution in [0.15, 0.2) is 12.1 Å². The van der Waals surface area contributed by atoms with Gasteiger partial charge in [0.25, 0.3) is 0 Å². The molecule has 6 nitrogen and oxygen atoms in total. The number of carboxylic acid groups (broad SMARTS) is 1. The second kappa shape index (κ2) is 5.97. The van der Waals surface area contributed by atoms with Crippen molar-refractivity contribution in [3.05, 3.63) is 17.8 Å². The maximum Gasteiger partial charge on any atom is 0.356 e. The Labute approximate surface area is 111 Å². The lowest BCUT2D eigenvalue weighted by molar-refractivity contribution is 0.0689. The van der Waals surface area contributed by atoms with Crippen LogP contribution in [0.3, 0.4) is 0 Å². The number of hydrogen-bond donors (Lipinski definition) is 3. The molecule has 1 aromatic rings. The number of rotatable bonds is 5. The lowest BCUT2D eigenvalue weighted by Gasteiger charge is -2.35. The van der Waals surface area contributed by atoms with Crippen LogP contribution in [0.4, 0.5) is 5.82 Å². The van der Waals surface area contributed by atoms with E-state index in [2.05, 4.69) is 15.5 Å². The highest BCUT2D eigenvalue weighted by molar-refractivity contribution is 5.85. The van der Waals surface area contributed by atoms with E-state index in [9.17, 15) is 9.90 Å². The third-order valence-corrected chi connectivity index (χ3v) is 3.78. The number of aromatic carboxylic acids is 1. The van der Waals surface area contributed by atoms with Crippen LogP contribution in [0.1, 0.15) is 42.6 Å². The van der Waals surface area contributed by atoms with Crippen LogP contribution in [0, 0.1) is 5.41 Å². The number of nitrogens with zero attached hydrogens (tertiary/aromatic N) is 2. The molecule has 1 aliphatic rings. The Hall–Kier alpha value is -1.69. The highest BCUT2D eigenvalue weighted by atomic mass is 16.4. The summed E-state index contributed by atoms with van der Waals surface area (Å²) in [5, 5.41) is 28.9. The number of hydrogen-bond acceptors (Lipinski definition) is 5. The normalized spacial score (nSPS) is 17.9. The number of aliphatic hydroxyl groups is 1. The molecule has 0 radical (unpaired) electrons. The van der Waals surface area contributed by atoms with Crippen LogP contribution in [-0.4, -0.2) is 39.5 Å². The molecule has 104 valence electrons. The zero-order valence-electron chi connectivity index (χ0n) is 10.8. The smallest absolute Gasteiger partial charge is 0.356 e. The van der Waals surface area contributed by atoms with Crippen molar-refractivity contribution in [2.24, 2.45) is 5.41 Å². The summed E-state index contributed by atoms with van der Waals surface area (Å²) in [6, 6.07) is 3.02. The lowest BCUT2D eigenvalue weighted by atomic mass is 9.74. The van der Waals surface area contributed by atoms with Crippen molar-refractivity contribution in [3.8, 4) is 0 Å². The fourth-order valence-electron chi connectivity index (χ4n) is 2.51. The van der Waals surface area contributed by atoms with Gasteiger partial charge in [-0.25, -0.2) is 4.79 Å². The summed E-state index contributed by atoms with van der Waals surface area (Å²) in [6.45, 7) is 0.811. The van der Waals surface area contributed by atoms with E-state index in [-0.39, 0.29) is 17.7 Å². The molecule has 19 heavy (non-hydrogen) atoms. The minimum Gasteiger partial charge on any atom is -0.476 e. The molecule has 0 unspecified atom stereocenters. The van der Waals surface area contributed by atoms with E-state index in [0.29, 0.717) is 12.4 Å². The molecule has 0 saturated heterocycles. The Balaban J connectivity index is 1.95. The van der Waals surface area contributed by atoms with Crippen LogP contribution in [0.5, 0.6) is 0 Å². The van der Waals surface area contributed by atoms with E-state index in [1.807, 2.05) is 0 Å². The Morgan fingerprint density at radius 1 is 1.26 bits per heavy atom. The highest BCUT2D eigenvalue weighted by Gasteiger charge is 2.31. The second-order valence-electron chi connectivity index (χ2n) is 5.18. The fourth-order valence-corrected chi connectivity index (χ4v) is 2.51. The summed E-state index contributed by atoms with van der Waals surface area (Å²) in [4.78, 5) is 10.7. The molecule has 0 aromatic carbocycles. The van der Waals surface area contributed by atoms with Gasteiger partial charge in [0.2, 0.25) is 0 Å². The molecule has 1 heterocycles. The number of aromatic nitrogens is 2. The van der Waals surface area contributed by atoms with Gasteiger partial charge in [-0.3, -0.25) is 0 Å². The zero-order valence-corrected chi connectivity index (χ0v) is 10.8. The topological polar surface area (TPSA) is 95.3 Å². The van der Waals surface area contributed by atoms with Crippen molar-refractivity contribution in [1.29, 1.82) is 0 Å². The van der Waals surface area contributed by atoms with Crippen molar-refractivity contribution in [3.63, 3.8) is 0 Å². The summed E-state index contributed by atoms with van der Waals surface area (Å²) < 4.78 is 0. The number of carboxylic acids is 1. The minimum absolute atomic E-state index is 0.0694. The standard InChI is InChI=1S/C13H19N3O3/c17-9-13(6-2-1-3-7-13)8-14-11-5-4-10(12(18)19)15-16-11/h4-5,17H,1-3,6-9H2,(H,14,16)(H,18,19). The van der Waals surface area contributed by atoms with Crippen LogP contribution >= 0.6 is 0 Å². The summed E-state index contributed by atoms with van der Waals surface area (Å²) in [5.74, 6) is -0.540. The van der Waals surface area contributed by atoms with Crippen LogP contribution < -0.4 is 5.32 Å². The Morgan fingerprint density at radius 2 is 2.00 bits per heavy atom. The SMILES string of the molecule is O=C(O)c1ccc(NCC2(CO)CCCCC2)nn1. The first kappa shape index (κ1) is 13.7. The number of nitrogens with one attached hydrogen (secondary N) is 1. The largest absolute Gasteiger partial charge is 0.476 e. The van der Waals surface area contributed by atoms with Crippen LogP contribution in [0.2, 0.25) is 0 Å². The van der Waals surface area contributed by atoms with Gasteiger partial charge in [-0.1, -0.05) is 19.3 Å². The van der Waals surface area contributed by atoms with E-state index < -0.39 is 5.97 Å². The Morgan fingerprint density at radius 3 is 2.53 bits per heavy atom. The first-order valence-electron chi connectivity index (χ1n) is 6.57. The van der Waals surface area contributed by atoms with E-state index in [1.54, 1.807) is 6.07 Å². The minimum atomic E-state index is -1.09. The van der Waals surface area contributed by atoms with E-state index in [1.165, 1.54) is 12.5 Å². The van der Waals surface area contributed by atoms with Crippen molar-refractivity contribution >= 4 is 11.8 Å².